The second kappa shape index (κ2) is 16.2. The van der Waals surface area contributed by atoms with E-state index in [1.54, 1.807) is 65.6 Å². The van der Waals surface area contributed by atoms with Crippen molar-refractivity contribution in [2.45, 2.75) is 43.3 Å². The van der Waals surface area contributed by atoms with Crippen molar-refractivity contribution >= 4 is 30.5 Å². The summed E-state index contributed by atoms with van der Waals surface area (Å²) in [7, 11) is 1.82. The molecule has 0 fully saturated rings. The van der Waals surface area contributed by atoms with E-state index < -0.39 is 17.4 Å². The van der Waals surface area contributed by atoms with Crippen LogP contribution in [0.5, 0.6) is 11.5 Å². The molecule has 2 N–H and O–H groups in total. The molecule has 0 saturated heterocycles. The van der Waals surface area contributed by atoms with Crippen LogP contribution in [0.4, 0.5) is 0 Å². The normalized spacial score (nSPS) is 11.1. The molecule has 9 heteroatoms. The summed E-state index contributed by atoms with van der Waals surface area (Å²) in [4.78, 5) is 37.9. The van der Waals surface area contributed by atoms with Crippen molar-refractivity contribution in [3.8, 4) is 11.5 Å². The van der Waals surface area contributed by atoms with Crippen molar-refractivity contribution in [2.24, 2.45) is 0 Å². The van der Waals surface area contributed by atoms with Crippen LogP contribution in [0.15, 0.2) is 126 Å². The maximum Gasteiger partial charge on any atom is 0.335 e. The van der Waals surface area contributed by atoms with Gasteiger partial charge in [-0.25, -0.2) is 9.59 Å². The van der Waals surface area contributed by atoms with E-state index in [9.17, 15) is 14.4 Å². The fourth-order valence-electron chi connectivity index (χ4n) is 5.71. The van der Waals surface area contributed by atoms with E-state index in [0.717, 1.165) is 40.0 Å². The Balaban J connectivity index is 1.29. The zero-order valence-corrected chi connectivity index (χ0v) is 28.8. The Morgan fingerprint density at radius 1 is 0.620 bits per heavy atom. The first kappa shape index (κ1) is 35.8. The van der Waals surface area contributed by atoms with Crippen molar-refractivity contribution in [2.75, 3.05) is 13.6 Å². The molecule has 0 aliphatic rings. The molecule has 0 aliphatic heterocycles. The van der Waals surface area contributed by atoms with Gasteiger partial charge in [0.25, 0.3) is 5.91 Å². The van der Waals surface area contributed by atoms with E-state index in [0.29, 0.717) is 36.8 Å². The van der Waals surface area contributed by atoms with E-state index in [1.165, 1.54) is 0 Å². The molecule has 5 aromatic carbocycles. The number of amides is 1. The lowest BCUT2D eigenvalue weighted by atomic mass is 9.73. The van der Waals surface area contributed by atoms with E-state index in [2.05, 4.69) is 43.8 Å². The lowest BCUT2D eigenvalue weighted by Gasteiger charge is -2.32. The van der Waals surface area contributed by atoms with Gasteiger partial charge in [-0.05, 0) is 108 Å². The molecule has 0 atom stereocenters. The molecule has 0 aliphatic carbocycles. The standard InChI is InChI=1S/C41H39NO7S/c1-41(24-3-25-42(2)38(43)30-12-22-37(50)23-13-30,33-14-18-35(19-15-33)48-26-28-4-8-31(9-5-28)39(44)45)34-16-20-36(21-17-34)49-27-29-6-10-32(11-7-29)40(46)47/h4-23,50H,3,24-27H2,1-2H3,(H,44,45)(H,46,47). The van der Waals surface area contributed by atoms with Crippen molar-refractivity contribution in [3.05, 3.63) is 160 Å². The van der Waals surface area contributed by atoms with Crippen LogP contribution in [0.2, 0.25) is 0 Å². The number of thiol groups is 1. The van der Waals surface area contributed by atoms with Gasteiger partial charge >= 0.3 is 11.9 Å². The number of carbonyl (C=O) groups is 3. The maximum absolute atomic E-state index is 13.1. The number of nitrogens with zero attached hydrogens (tertiary/aromatic N) is 1. The van der Waals surface area contributed by atoms with E-state index in [1.807, 2.05) is 43.4 Å². The van der Waals surface area contributed by atoms with Crippen LogP contribution in [0.1, 0.15) is 73.1 Å². The molecule has 0 unspecified atom stereocenters. The molecule has 256 valence electrons. The van der Waals surface area contributed by atoms with Gasteiger partial charge in [-0.2, -0.15) is 0 Å². The molecule has 0 aromatic heterocycles. The molecule has 5 rings (SSSR count). The number of hydrogen-bond acceptors (Lipinski definition) is 6. The van der Waals surface area contributed by atoms with Gasteiger partial charge in [0.05, 0.1) is 11.1 Å². The first-order chi connectivity index (χ1) is 24.0. The smallest absolute Gasteiger partial charge is 0.335 e. The molecule has 0 heterocycles. The predicted molar refractivity (Wildman–Crippen MR) is 195 cm³/mol. The van der Waals surface area contributed by atoms with Gasteiger partial charge in [-0.15, -0.1) is 12.6 Å². The topological polar surface area (TPSA) is 113 Å². The van der Waals surface area contributed by atoms with Gasteiger partial charge in [0.15, 0.2) is 0 Å². The second-order valence-corrected chi connectivity index (χ2v) is 12.9. The maximum atomic E-state index is 13.1. The summed E-state index contributed by atoms with van der Waals surface area (Å²) >= 11 is 4.32. The Morgan fingerprint density at radius 3 is 1.42 bits per heavy atom. The summed E-state index contributed by atoms with van der Waals surface area (Å²) in [5, 5.41) is 18.3. The van der Waals surface area contributed by atoms with Gasteiger partial charge < -0.3 is 24.6 Å². The summed E-state index contributed by atoms with van der Waals surface area (Å²) in [5.41, 5.74) is 4.57. The number of rotatable bonds is 15. The summed E-state index contributed by atoms with van der Waals surface area (Å²) in [6.45, 7) is 3.37. The van der Waals surface area contributed by atoms with Gasteiger partial charge in [-0.3, -0.25) is 4.79 Å². The highest BCUT2D eigenvalue weighted by Crippen LogP contribution is 2.38. The molecule has 0 radical (unpaired) electrons. The predicted octanol–water partition coefficient (Wildman–Crippen LogP) is 8.39. The van der Waals surface area contributed by atoms with Crippen LogP contribution in [-0.4, -0.2) is 46.6 Å². The minimum absolute atomic E-state index is 0.0433. The largest absolute Gasteiger partial charge is 0.489 e. The number of carbonyl (C=O) groups excluding carboxylic acids is 1. The van der Waals surface area contributed by atoms with Crippen LogP contribution >= 0.6 is 12.6 Å². The van der Waals surface area contributed by atoms with Crippen molar-refractivity contribution < 1.29 is 34.1 Å². The van der Waals surface area contributed by atoms with Crippen LogP contribution in [0.25, 0.3) is 0 Å². The Bertz CT molecular complexity index is 1800. The monoisotopic (exact) mass is 689 g/mol. The highest BCUT2D eigenvalue weighted by molar-refractivity contribution is 7.80. The first-order valence-corrected chi connectivity index (χ1v) is 16.6. The number of carboxylic acids is 2. The minimum Gasteiger partial charge on any atom is -0.489 e. The van der Waals surface area contributed by atoms with Crippen LogP contribution < -0.4 is 9.47 Å². The molecule has 1 amide bonds. The Labute approximate surface area is 297 Å². The van der Waals surface area contributed by atoms with Crippen molar-refractivity contribution in [1.82, 2.24) is 4.90 Å². The second-order valence-electron chi connectivity index (χ2n) is 12.3. The molecule has 8 nitrogen and oxygen atoms in total. The number of hydrogen-bond donors (Lipinski definition) is 3. The zero-order valence-electron chi connectivity index (χ0n) is 27.9. The summed E-state index contributed by atoms with van der Waals surface area (Å²) < 4.78 is 12.0. The lowest BCUT2D eigenvalue weighted by molar-refractivity contribution is 0.0686. The third-order valence-corrected chi connectivity index (χ3v) is 9.13. The van der Waals surface area contributed by atoms with Crippen molar-refractivity contribution in [1.29, 1.82) is 0 Å². The summed E-state index contributed by atoms with van der Waals surface area (Å²) in [5.74, 6) is -0.597. The molecule has 50 heavy (non-hydrogen) atoms. The molecular weight excluding hydrogens is 651 g/mol. The lowest BCUT2D eigenvalue weighted by Crippen LogP contribution is -2.30. The third-order valence-electron chi connectivity index (χ3n) is 8.83. The molecule has 0 saturated carbocycles. The number of aromatic carboxylic acids is 2. The number of benzene rings is 5. The SMILES string of the molecule is CN(CCCC(C)(c1ccc(OCc2ccc(C(=O)O)cc2)cc1)c1ccc(OCc2ccc(C(=O)O)cc2)cc1)C(=O)c1ccc(S)cc1. The number of carboxylic acid groups (broad SMARTS) is 2. The minimum atomic E-state index is -0.968. The van der Waals surface area contributed by atoms with Gasteiger partial charge in [0, 0.05) is 29.5 Å². The van der Waals surface area contributed by atoms with Crippen LogP contribution in [0, 0.1) is 0 Å². The highest BCUT2D eigenvalue weighted by atomic mass is 32.1. The molecule has 5 aromatic rings. The Kier molecular flexibility index (Phi) is 11.6. The van der Waals surface area contributed by atoms with Gasteiger partial charge in [0.1, 0.15) is 24.7 Å². The quantitative estimate of drug-likeness (QED) is 0.0947. The van der Waals surface area contributed by atoms with Gasteiger partial charge in [-0.1, -0.05) is 55.5 Å². The third kappa shape index (κ3) is 9.12. The molecule has 0 bridgehead atoms. The molecule has 0 spiro atoms. The van der Waals surface area contributed by atoms with Crippen LogP contribution in [-0.2, 0) is 18.6 Å². The molecular formula is C41H39NO7S. The van der Waals surface area contributed by atoms with Gasteiger partial charge in [0.2, 0.25) is 0 Å². The van der Waals surface area contributed by atoms with E-state index in [-0.39, 0.29) is 17.0 Å². The number of ether oxygens (including phenoxy) is 2. The van der Waals surface area contributed by atoms with Crippen molar-refractivity contribution in [3.63, 3.8) is 0 Å². The van der Waals surface area contributed by atoms with E-state index >= 15 is 0 Å². The average Bonchev–Trinajstić information content (AvgIpc) is 3.13. The Morgan fingerprint density at radius 2 is 1.02 bits per heavy atom. The zero-order chi connectivity index (χ0) is 35.7. The summed E-state index contributed by atoms with van der Waals surface area (Å²) in [6.07, 6.45) is 1.50. The average molecular weight is 690 g/mol. The van der Waals surface area contributed by atoms with E-state index in [4.69, 9.17) is 19.7 Å². The Hall–Kier alpha value is -5.54. The highest BCUT2D eigenvalue weighted by Gasteiger charge is 2.29. The fraction of sp³-hybridized carbons (Fsp3) is 0.195. The fourth-order valence-corrected chi connectivity index (χ4v) is 5.86. The first-order valence-electron chi connectivity index (χ1n) is 16.2. The summed E-state index contributed by atoms with van der Waals surface area (Å²) in [6, 6.07) is 36.4. The van der Waals surface area contributed by atoms with Crippen LogP contribution in [0.3, 0.4) is 0 Å².